The van der Waals surface area contributed by atoms with Gasteiger partial charge in [0.2, 0.25) is 5.91 Å². The molecule has 0 bridgehead atoms. The summed E-state index contributed by atoms with van der Waals surface area (Å²) < 4.78 is 2.77. The van der Waals surface area contributed by atoms with Crippen LogP contribution in [0.25, 0.3) is 11.1 Å². The van der Waals surface area contributed by atoms with E-state index >= 15 is 0 Å². The van der Waals surface area contributed by atoms with Gasteiger partial charge in [0.15, 0.2) is 0 Å². The molecule has 1 aliphatic heterocycles. The van der Waals surface area contributed by atoms with Crippen molar-refractivity contribution in [2.45, 2.75) is 23.5 Å². The van der Waals surface area contributed by atoms with Crippen LogP contribution in [-0.2, 0) is 18.3 Å². The van der Waals surface area contributed by atoms with Crippen molar-refractivity contribution >= 4 is 39.4 Å². The second-order valence-electron chi connectivity index (χ2n) is 6.35. The van der Waals surface area contributed by atoms with Crippen LogP contribution in [0.1, 0.15) is 11.3 Å². The van der Waals surface area contributed by atoms with Gasteiger partial charge in [-0.15, -0.1) is 11.8 Å². The first-order valence-corrected chi connectivity index (χ1v) is 10.0. The molecule has 26 heavy (non-hydrogen) atoms. The molecule has 1 amide bonds. The van der Waals surface area contributed by atoms with Crippen LogP contribution < -0.4 is 5.32 Å². The molecular formula is C20H18BrN3OS. The fourth-order valence-corrected chi connectivity index (χ4v) is 4.75. The van der Waals surface area contributed by atoms with Gasteiger partial charge < -0.3 is 5.32 Å². The van der Waals surface area contributed by atoms with Crippen LogP contribution in [0.5, 0.6) is 0 Å². The standard InChI is InChI=1S/C20H18BrN3OS/c1-12-18(13-7-9-15(21)10-8-13)19(24(2)23-12)22-20(25)17-11-14-5-3-4-6-16(14)26-17/h3-10,17H,11H2,1-2H3,(H,22,25). The smallest absolute Gasteiger partial charge is 0.239 e. The van der Waals surface area contributed by atoms with E-state index in [-0.39, 0.29) is 11.2 Å². The van der Waals surface area contributed by atoms with Crippen LogP contribution in [-0.4, -0.2) is 20.9 Å². The zero-order valence-corrected chi connectivity index (χ0v) is 16.9. The van der Waals surface area contributed by atoms with Crippen molar-refractivity contribution in [3.63, 3.8) is 0 Å². The molecule has 2 aromatic carbocycles. The third kappa shape index (κ3) is 3.19. The Morgan fingerprint density at radius 1 is 1.23 bits per heavy atom. The highest BCUT2D eigenvalue weighted by Gasteiger charge is 2.29. The SMILES string of the molecule is Cc1nn(C)c(NC(=O)C2Cc3ccccc3S2)c1-c1ccc(Br)cc1. The topological polar surface area (TPSA) is 46.9 Å². The maximum absolute atomic E-state index is 12.9. The van der Waals surface area contributed by atoms with Gasteiger partial charge in [0.05, 0.1) is 10.9 Å². The number of aryl methyl sites for hydroxylation is 2. The maximum atomic E-state index is 12.9. The number of rotatable bonds is 3. The molecule has 2 heterocycles. The minimum absolute atomic E-state index is 0.0209. The molecule has 6 heteroatoms. The number of halogens is 1. The van der Waals surface area contributed by atoms with Crippen LogP contribution >= 0.6 is 27.7 Å². The summed E-state index contributed by atoms with van der Waals surface area (Å²) in [6.07, 6.45) is 0.761. The molecule has 1 aromatic heterocycles. The van der Waals surface area contributed by atoms with Crippen molar-refractivity contribution in [1.82, 2.24) is 9.78 Å². The van der Waals surface area contributed by atoms with Crippen molar-refractivity contribution in [2.75, 3.05) is 5.32 Å². The van der Waals surface area contributed by atoms with Crippen LogP contribution in [0, 0.1) is 6.92 Å². The first-order valence-electron chi connectivity index (χ1n) is 8.38. The third-order valence-electron chi connectivity index (χ3n) is 4.54. The Morgan fingerprint density at radius 2 is 1.96 bits per heavy atom. The van der Waals surface area contributed by atoms with E-state index in [1.54, 1.807) is 16.4 Å². The van der Waals surface area contributed by atoms with Gasteiger partial charge in [-0.05, 0) is 42.7 Å². The van der Waals surface area contributed by atoms with Gasteiger partial charge in [-0.25, -0.2) is 0 Å². The fourth-order valence-electron chi connectivity index (χ4n) is 3.29. The molecule has 1 atom stereocenters. The number of anilines is 1. The number of hydrogen-bond donors (Lipinski definition) is 1. The van der Waals surface area contributed by atoms with Crippen LogP contribution in [0.3, 0.4) is 0 Å². The third-order valence-corrected chi connectivity index (χ3v) is 6.38. The van der Waals surface area contributed by atoms with Gasteiger partial charge in [-0.1, -0.05) is 46.3 Å². The zero-order valence-electron chi connectivity index (χ0n) is 14.5. The number of amides is 1. The predicted molar refractivity (Wildman–Crippen MR) is 110 cm³/mol. The Morgan fingerprint density at radius 3 is 2.69 bits per heavy atom. The van der Waals surface area contributed by atoms with Gasteiger partial charge in [-0.2, -0.15) is 5.10 Å². The summed E-state index contributed by atoms with van der Waals surface area (Å²) in [5.41, 5.74) is 4.14. The second-order valence-corrected chi connectivity index (χ2v) is 8.51. The normalized spacial score (nSPS) is 15.7. The lowest BCUT2D eigenvalue weighted by Crippen LogP contribution is -2.26. The number of aromatic nitrogens is 2. The number of thioether (sulfide) groups is 1. The summed E-state index contributed by atoms with van der Waals surface area (Å²) in [6, 6.07) is 16.3. The molecule has 0 spiro atoms. The van der Waals surface area contributed by atoms with E-state index in [4.69, 9.17) is 0 Å². The first-order chi connectivity index (χ1) is 12.5. The second kappa shape index (κ2) is 6.93. The lowest BCUT2D eigenvalue weighted by atomic mass is 10.1. The van der Waals surface area contributed by atoms with Gasteiger partial charge in [0, 0.05) is 22.0 Å². The van der Waals surface area contributed by atoms with E-state index in [0.717, 1.165) is 33.5 Å². The Kier molecular flexibility index (Phi) is 4.63. The fraction of sp³-hybridized carbons (Fsp3) is 0.200. The molecule has 1 aliphatic rings. The van der Waals surface area contributed by atoms with Crippen LogP contribution in [0.2, 0.25) is 0 Å². The summed E-state index contributed by atoms with van der Waals surface area (Å²) in [4.78, 5) is 14.1. The number of fused-ring (bicyclic) bond motifs is 1. The molecule has 0 saturated heterocycles. The molecule has 4 nitrogen and oxygen atoms in total. The highest BCUT2D eigenvalue weighted by atomic mass is 79.9. The number of nitrogens with zero attached hydrogens (tertiary/aromatic N) is 2. The molecule has 1 N–H and O–H groups in total. The Balaban J connectivity index is 1.61. The van der Waals surface area contributed by atoms with Gasteiger partial charge >= 0.3 is 0 Å². The molecule has 0 saturated carbocycles. The van der Waals surface area contributed by atoms with Crippen molar-refractivity contribution < 1.29 is 4.79 Å². The van der Waals surface area contributed by atoms with Crippen LogP contribution in [0.15, 0.2) is 57.9 Å². The molecule has 132 valence electrons. The number of hydrogen-bond acceptors (Lipinski definition) is 3. The minimum atomic E-state index is -0.111. The van der Waals surface area contributed by atoms with Crippen molar-refractivity contribution in [2.24, 2.45) is 7.05 Å². The van der Waals surface area contributed by atoms with Gasteiger partial charge in [0.1, 0.15) is 5.82 Å². The number of carbonyl (C=O) groups excluding carboxylic acids is 1. The maximum Gasteiger partial charge on any atom is 0.239 e. The summed E-state index contributed by atoms with van der Waals surface area (Å²) in [5.74, 6) is 0.763. The molecule has 0 aliphatic carbocycles. The van der Waals surface area contributed by atoms with E-state index in [9.17, 15) is 4.79 Å². The summed E-state index contributed by atoms with van der Waals surface area (Å²) >= 11 is 5.10. The zero-order chi connectivity index (χ0) is 18.3. The van der Waals surface area contributed by atoms with Gasteiger partial charge in [0.25, 0.3) is 0 Å². The Hall–Kier alpha value is -2.05. The molecular weight excluding hydrogens is 410 g/mol. The lowest BCUT2D eigenvalue weighted by Gasteiger charge is -2.12. The van der Waals surface area contributed by atoms with E-state index in [0.29, 0.717) is 0 Å². The average molecular weight is 428 g/mol. The summed E-state index contributed by atoms with van der Waals surface area (Å²) in [6.45, 7) is 1.97. The molecule has 0 radical (unpaired) electrons. The van der Waals surface area contributed by atoms with E-state index < -0.39 is 0 Å². The molecule has 4 rings (SSSR count). The molecule has 1 unspecified atom stereocenters. The van der Waals surface area contributed by atoms with E-state index in [1.807, 2.05) is 50.4 Å². The van der Waals surface area contributed by atoms with Crippen molar-refractivity contribution in [3.05, 3.63) is 64.3 Å². The highest BCUT2D eigenvalue weighted by Crippen LogP contribution is 2.38. The number of benzene rings is 2. The molecule has 0 fully saturated rings. The minimum Gasteiger partial charge on any atom is -0.309 e. The number of nitrogens with one attached hydrogen (secondary N) is 1. The summed E-state index contributed by atoms with van der Waals surface area (Å²) in [5, 5.41) is 7.52. The van der Waals surface area contributed by atoms with E-state index in [2.05, 4.69) is 38.5 Å². The molecule has 3 aromatic rings. The Labute approximate surface area is 165 Å². The Bertz CT molecular complexity index is 956. The predicted octanol–water partition coefficient (Wildman–Crippen LogP) is 4.81. The van der Waals surface area contributed by atoms with Crippen LogP contribution in [0.4, 0.5) is 5.82 Å². The first kappa shape index (κ1) is 17.4. The quantitative estimate of drug-likeness (QED) is 0.651. The lowest BCUT2D eigenvalue weighted by molar-refractivity contribution is -0.115. The van der Waals surface area contributed by atoms with Crippen molar-refractivity contribution in [3.8, 4) is 11.1 Å². The average Bonchev–Trinajstić information content (AvgIpc) is 3.17. The largest absolute Gasteiger partial charge is 0.309 e. The van der Waals surface area contributed by atoms with Crippen molar-refractivity contribution in [1.29, 1.82) is 0 Å². The highest BCUT2D eigenvalue weighted by molar-refractivity contribution is 9.10. The summed E-state index contributed by atoms with van der Waals surface area (Å²) in [7, 11) is 1.86. The monoisotopic (exact) mass is 427 g/mol. The van der Waals surface area contributed by atoms with Gasteiger partial charge in [-0.3, -0.25) is 9.48 Å². The number of carbonyl (C=O) groups is 1. The van der Waals surface area contributed by atoms with E-state index in [1.165, 1.54) is 10.5 Å².